The van der Waals surface area contributed by atoms with E-state index < -0.39 is 18.0 Å². The topological polar surface area (TPSA) is 158 Å². The molecule has 1 saturated heterocycles. The maximum atomic E-state index is 13.1. The molecule has 206 valence electrons. The van der Waals surface area contributed by atoms with Crippen LogP contribution in [-0.2, 0) is 25.5 Å². The van der Waals surface area contributed by atoms with Crippen LogP contribution in [-0.4, -0.2) is 66.9 Å². The van der Waals surface area contributed by atoms with Gasteiger partial charge in [-0.2, -0.15) is 0 Å². The lowest BCUT2D eigenvalue weighted by Gasteiger charge is -2.26. The Labute approximate surface area is 227 Å². The zero-order valence-electron chi connectivity index (χ0n) is 21.7. The van der Waals surface area contributed by atoms with Crippen LogP contribution < -0.4 is 22.1 Å². The molecule has 0 aliphatic carbocycles. The van der Waals surface area contributed by atoms with Crippen LogP contribution in [0, 0.1) is 0 Å². The number of aryl methyl sites for hydroxylation is 1. The van der Waals surface area contributed by atoms with Gasteiger partial charge in [-0.25, -0.2) is 0 Å². The minimum Gasteiger partial charge on any atom is -0.447 e. The first-order valence-corrected chi connectivity index (χ1v) is 13.5. The van der Waals surface area contributed by atoms with E-state index in [0.717, 1.165) is 43.1 Å². The SMILES string of the molecule is CN/C(N)=C/C=C(\N)CCCCc1nnc(NC(=O)C(OC(=O)CCN2CCOCC2)c2ccccc2)s1. The number of esters is 1. The summed E-state index contributed by atoms with van der Waals surface area (Å²) in [6.07, 6.45) is 5.85. The number of nitrogens with one attached hydrogen (secondary N) is 2. The highest BCUT2D eigenvalue weighted by atomic mass is 32.1. The number of carbonyl (C=O) groups is 2. The third-order valence-corrected chi connectivity index (χ3v) is 6.79. The van der Waals surface area contributed by atoms with Crippen molar-refractivity contribution in [2.24, 2.45) is 11.5 Å². The first kappa shape index (κ1) is 29.1. The van der Waals surface area contributed by atoms with Crippen molar-refractivity contribution in [3.05, 3.63) is 64.6 Å². The number of hydrogen-bond donors (Lipinski definition) is 4. The second kappa shape index (κ2) is 15.7. The average molecular weight is 544 g/mol. The molecule has 1 aromatic carbocycles. The number of amides is 1. The predicted molar refractivity (Wildman–Crippen MR) is 147 cm³/mol. The van der Waals surface area contributed by atoms with Crippen molar-refractivity contribution in [3.63, 3.8) is 0 Å². The Kier molecular flexibility index (Phi) is 12.0. The number of hydrogen-bond acceptors (Lipinski definition) is 11. The number of nitrogens with zero attached hydrogens (tertiary/aromatic N) is 3. The molecule has 1 fully saturated rings. The first-order valence-electron chi connectivity index (χ1n) is 12.7. The third-order valence-electron chi connectivity index (χ3n) is 5.89. The van der Waals surface area contributed by atoms with E-state index in [0.29, 0.717) is 42.7 Å². The lowest BCUT2D eigenvalue weighted by Crippen LogP contribution is -2.38. The highest BCUT2D eigenvalue weighted by molar-refractivity contribution is 7.15. The average Bonchev–Trinajstić information content (AvgIpc) is 3.39. The van der Waals surface area contributed by atoms with E-state index in [4.69, 9.17) is 20.9 Å². The minimum atomic E-state index is -1.08. The molecule has 1 aromatic heterocycles. The van der Waals surface area contributed by atoms with Crippen molar-refractivity contribution in [3.8, 4) is 0 Å². The summed E-state index contributed by atoms with van der Waals surface area (Å²) in [5.74, 6) is -0.352. The molecule has 0 spiro atoms. The van der Waals surface area contributed by atoms with E-state index in [9.17, 15) is 9.59 Å². The first-order chi connectivity index (χ1) is 18.4. The summed E-state index contributed by atoms with van der Waals surface area (Å²) in [6.45, 7) is 3.44. The normalized spacial score (nSPS) is 15.6. The Morgan fingerprint density at radius 3 is 2.63 bits per heavy atom. The predicted octanol–water partition coefficient (Wildman–Crippen LogP) is 2.06. The van der Waals surface area contributed by atoms with Gasteiger partial charge in [0.1, 0.15) is 5.01 Å². The lowest BCUT2D eigenvalue weighted by atomic mass is 10.1. The maximum absolute atomic E-state index is 13.1. The monoisotopic (exact) mass is 543 g/mol. The van der Waals surface area contributed by atoms with Gasteiger partial charge in [-0.1, -0.05) is 41.7 Å². The van der Waals surface area contributed by atoms with Gasteiger partial charge in [-0.15, -0.1) is 10.2 Å². The number of allylic oxidation sites excluding steroid dienone is 3. The molecule has 1 aliphatic heterocycles. The second-order valence-corrected chi connectivity index (χ2v) is 9.86. The second-order valence-electron chi connectivity index (χ2n) is 8.80. The van der Waals surface area contributed by atoms with Gasteiger partial charge < -0.3 is 26.3 Å². The van der Waals surface area contributed by atoms with Gasteiger partial charge in [0, 0.05) is 44.4 Å². The number of ether oxygens (including phenoxy) is 2. The maximum Gasteiger partial charge on any atom is 0.308 e. The third kappa shape index (κ3) is 10.1. The van der Waals surface area contributed by atoms with E-state index >= 15 is 0 Å². The molecule has 1 aliphatic rings. The molecule has 3 rings (SSSR count). The lowest BCUT2D eigenvalue weighted by molar-refractivity contribution is -0.155. The number of carbonyl (C=O) groups excluding carboxylic acids is 2. The van der Waals surface area contributed by atoms with Gasteiger partial charge >= 0.3 is 5.97 Å². The smallest absolute Gasteiger partial charge is 0.308 e. The minimum absolute atomic E-state index is 0.193. The molecule has 0 saturated carbocycles. The summed E-state index contributed by atoms with van der Waals surface area (Å²) in [6, 6.07) is 8.96. The zero-order chi connectivity index (χ0) is 27.2. The van der Waals surface area contributed by atoms with Crippen LogP contribution in [0.2, 0.25) is 0 Å². The van der Waals surface area contributed by atoms with Gasteiger partial charge in [0.25, 0.3) is 5.91 Å². The molecule has 1 atom stereocenters. The standard InChI is InChI=1S/C26H37N7O4S/c1-29-21(28)12-11-20(27)9-5-6-10-22-31-32-26(38-22)30-25(35)24(19-7-3-2-4-8-19)37-23(34)13-14-33-15-17-36-18-16-33/h2-4,7-8,11-12,24,29H,5-6,9-10,13-18,27-28H2,1H3,(H,30,32,35)/b20-11-,21-12+. The number of benzene rings is 1. The Morgan fingerprint density at radius 2 is 1.89 bits per heavy atom. The summed E-state index contributed by atoms with van der Waals surface area (Å²) in [4.78, 5) is 27.9. The Bertz CT molecular complexity index is 1080. The molecule has 0 bridgehead atoms. The molecule has 2 aromatic rings. The molecule has 2 heterocycles. The number of unbranched alkanes of at least 4 members (excludes halogenated alkanes) is 1. The fraction of sp³-hybridized carbons (Fsp3) is 0.462. The highest BCUT2D eigenvalue weighted by Crippen LogP contribution is 2.23. The molecule has 11 nitrogen and oxygen atoms in total. The summed E-state index contributed by atoms with van der Waals surface area (Å²) < 4.78 is 11.0. The van der Waals surface area contributed by atoms with Crippen LogP contribution in [0.3, 0.4) is 0 Å². The van der Waals surface area contributed by atoms with Gasteiger partial charge in [0.15, 0.2) is 0 Å². The van der Waals surface area contributed by atoms with Crippen LogP contribution in [0.4, 0.5) is 5.13 Å². The Morgan fingerprint density at radius 1 is 1.13 bits per heavy atom. The van der Waals surface area contributed by atoms with Crippen LogP contribution in [0.5, 0.6) is 0 Å². The molecular weight excluding hydrogens is 506 g/mol. The molecule has 1 unspecified atom stereocenters. The van der Waals surface area contributed by atoms with E-state index in [1.807, 2.05) is 6.07 Å². The van der Waals surface area contributed by atoms with E-state index in [2.05, 4.69) is 25.7 Å². The van der Waals surface area contributed by atoms with Gasteiger partial charge in [-0.05, 0) is 31.4 Å². The van der Waals surface area contributed by atoms with Crippen molar-refractivity contribution in [2.75, 3.05) is 45.2 Å². The fourth-order valence-corrected chi connectivity index (χ4v) is 4.49. The quantitative estimate of drug-likeness (QED) is 0.158. The Hall–Kier alpha value is -3.48. The summed E-state index contributed by atoms with van der Waals surface area (Å²) >= 11 is 1.30. The molecule has 38 heavy (non-hydrogen) atoms. The van der Waals surface area contributed by atoms with Crippen LogP contribution in [0.1, 0.15) is 42.4 Å². The van der Waals surface area contributed by atoms with Crippen LogP contribution in [0.15, 0.2) is 54.0 Å². The van der Waals surface area contributed by atoms with Crippen molar-refractivity contribution in [1.82, 2.24) is 20.4 Å². The molecule has 12 heteroatoms. The number of rotatable bonds is 14. The number of anilines is 1. The molecule has 0 radical (unpaired) electrons. The van der Waals surface area contributed by atoms with Crippen molar-refractivity contribution in [1.29, 1.82) is 0 Å². The van der Waals surface area contributed by atoms with Crippen LogP contribution in [0.25, 0.3) is 0 Å². The molecular formula is C26H37N7O4S. The fourth-order valence-electron chi connectivity index (χ4n) is 3.71. The van der Waals surface area contributed by atoms with Crippen molar-refractivity contribution in [2.45, 2.75) is 38.2 Å². The molecule has 1 amide bonds. The number of morpholine rings is 1. The van der Waals surface area contributed by atoms with Crippen molar-refractivity contribution >= 4 is 28.3 Å². The molecule has 6 N–H and O–H groups in total. The van der Waals surface area contributed by atoms with Gasteiger partial charge in [0.05, 0.1) is 25.5 Å². The summed E-state index contributed by atoms with van der Waals surface area (Å²) in [5.41, 5.74) is 13.0. The number of aromatic nitrogens is 2. The largest absolute Gasteiger partial charge is 0.447 e. The van der Waals surface area contributed by atoms with Gasteiger partial charge in [-0.3, -0.25) is 19.8 Å². The Balaban J connectivity index is 1.50. The van der Waals surface area contributed by atoms with E-state index in [1.165, 1.54) is 11.3 Å². The van der Waals surface area contributed by atoms with Crippen LogP contribution >= 0.6 is 11.3 Å². The zero-order valence-corrected chi connectivity index (χ0v) is 22.5. The van der Waals surface area contributed by atoms with Gasteiger partial charge in [0.2, 0.25) is 11.2 Å². The number of nitrogens with two attached hydrogens (primary N) is 2. The highest BCUT2D eigenvalue weighted by Gasteiger charge is 2.26. The van der Waals surface area contributed by atoms with E-state index in [1.54, 1.807) is 43.5 Å². The van der Waals surface area contributed by atoms with Crippen molar-refractivity contribution < 1.29 is 19.1 Å². The van der Waals surface area contributed by atoms with E-state index in [-0.39, 0.29) is 6.42 Å². The summed E-state index contributed by atoms with van der Waals surface area (Å²) in [7, 11) is 1.75. The summed E-state index contributed by atoms with van der Waals surface area (Å²) in [5, 5.41) is 15.0.